The first-order valence-corrected chi connectivity index (χ1v) is 10.7. The number of benzene rings is 1. The van der Waals surface area contributed by atoms with Crippen molar-refractivity contribution < 1.29 is 4.79 Å². The molecule has 1 amide bonds. The fraction of sp³-hybridized carbons (Fsp3) is 0.478. The van der Waals surface area contributed by atoms with E-state index in [2.05, 4.69) is 29.0 Å². The van der Waals surface area contributed by atoms with Gasteiger partial charge in [-0.15, -0.1) is 0 Å². The van der Waals surface area contributed by atoms with Gasteiger partial charge in [0.1, 0.15) is 0 Å². The molecule has 0 spiro atoms. The number of halogens is 1. The van der Waals surface area contributed by atoms with Crippen LogP contribution >= 0.6 is 11.6 Å². The summed E-state index contributed by atoms with van der Waals surface area (Å²) in [7, 11) is 2.14. The van der Waals surface area contributed by atoms with E-state index in [4.69, 9.17) is 16.6 Å². The first-order valence-electron chi connectivity index (χ1n) is 10.3. The third-order valence-electron chi connectivity index (χ3n) is 6.11. The fourth-order valence-corrected chi connectivity index (χ4v) is 4.61. The van der Waals surface area contributed by atoms with E-state index in [9.17, 15) is 4.79 Å². The number of hydrogen-bond donors (Lipinski definition) is 0. The van der Waals surface area contributed by atoms with Crippen LogP contribution in [-0.4, -0.2) is 53.9 Å². The van der Waals surface area contributed by atoms with Gasteiger partial charge in [-0.2, -0.15) is 0 Å². The second kappa shape index (κ2) is 8.62. The highest BCUT2D eigenvalue weighted by Gasteiger charge is 2.31. The van der Waals surface area contributed by atoms with Crippen LogP contribution in [-0.2, 0) is 4.79 Å². The summed E-state index contributed by atoms with van der Waals surface area (Å²) in [6.45, 7) is 3.72. The molecule has 0 unspecified atom stereocenters. The highest BCUT2D eigenvalue weighted by Crippen LogP contribution is 2.30. The second-order valence-electron chi connectivity index (χ2n) is 8.16. The van der Waals surface area contributed by atoms with Gasteiger partial charge in [-0.05, 0) is 70.1 Å². The van der Waals surface area contributed by atoms with E-state index in [-0.39, 0.29) is 5.92 Å². The maximum absolute atomic E-state index is 13.0. The lowest BCUT2D eigenvalue weighted by Crippen LogP contribution is -2.45. The normalized spacial score (nSPS) is 21.6. The molecule has 2 fully saturated rings. The smallest absolute Gasteiger partial charge is 0.225 e. The predicted molar refractivity (Wildman–Crippen MR) is 113 cm³/mol. The fourth-order valence-electron chi connectivity index (χ4n) is 4.42. The maximum atomic E-state index is 13.0. The highest BCUT2D eigenvalue weighted by atomic mass is 35.5. The van der Waals surface area contributed by atoms with E-state index >= 15 is 0 Å². The van der Waals surface area contributed by atoms with Gasteiger partial charge >= 0.3 is 0 Å². The number of piperidine rings is 2. The van der Waals surface area contributed by atoms with E-state index in [1.807, 2.05) is 30.3 Å². The first-order chi connectivity index (χ1) is 13.6. The topological polar surface area (TPSA) is 36.4 Å². The van der Waals surface area contributed by atoms with Gasteiger partial charge in [-0.25, -0.2) is 0 Å². The van der Waals surface area contributed by atoms with E-state index in [1.165, 1.54) is 0 Å². The lowest BCUT2D eigenvalue weighted by Gasteiger charge is -2.37. The summed E-state index contributed by atoms with van der Waals surface area (Å²) < 4.78 is 0. The molecule has 0 aliphatic carbocycles. The molecule has 2 saturated heterocycles. The van der Waals surface area contributed by atoms with Gasteiger partial charge in [0.05, 0.1) is 5.69 Å². The molecule has 0 saturated carbocycles. The molecular formula is C23H28ClN3O. The van der Waals surface area contributed by atoms with Crippen LogP contribution < -0.4 is 0 Å². The highest BCUT2D eigenvalue weighted by molar-refractivity contribution is 6.30. The zero-order chi connectivity index (χ0) is 19.5. The summed E-state index contributed by atoms with van der Waals surface area (Å²) in [5.41, 5.74) is 3.06. The Bertz CT molecular complexity index is 832. The second-order valence-corrected chi connectivity index (χ2v) is 8.60. The summed E-state index contributed by atoms with van der Waals surface area (Å²) in [4.78, 5) is 22.4. The minimum atomic E-state index is 0.195. The number of pyridine rings is 1. The third-order valence-corrected chi connectivity index (χ3v) is 6.35. The molecule has 0 bridgehead atoms. The van der Waals surface area contributed by atoms with Crippen LogP contribution in [0.4, 0.5) is 0 Å². The molecule has 0 radical (unpaired) electrons. The van der Waals surface area contributed by atoms with Crippen LogP contribution in [0.25, 0.3) is 11.3 Å². The van der Waals surface area contributed by atoms with Crippen LogP contribution in [0.2, 0.25) is 5.02 Å². The summed E-state index contributed by atoms with van der Waals surface area (Å²) in [5.74, 6) is 0.854. The van der Waals surface area contributed by atoms with Gasteiger partial charge in [-0.3, -0.25) is 9.78 Å². The van der Waals surface area contributed by atoms with E-state index < -0.39 is 0 Å². The monoisotopic (exact) mass is 397 g/mol. The Morgan fingerprint density at radius 2 is 1.86 bits per heavy atom. The van der Waals surface area contributed by atoms with Crippen molar-refractivity contribution in [1.29, 1.82) is 0 Å². The quantitative estimate of drug-likeness (QED) is 0.767. The van der Waals surface area contributed by atoms with E-state index in [0.29, 0.717) is 11.8 Å². The van der Waals surface area contributed by atoms with Gasteiger partial charge in [0.25, 0.3) is 0 Å². The summed E-state index contributed by atoms with van der Waals surface area (Å²) in [6, 6.07) is 14.0. The van der Waals surface area contributed by atoms with Gasteiger partial charge in [0, 0.05) is 41.2 Å². The Labute approximate surface area is 172 Å². The molecule has 5 heteroatoms. The molecule has 2 aliphatic rings. The van der Waals surface area contributed by atoms with Gasteiger partial charge < -0.3 is 9.80 Å². The standard InChI is InChI=1S/C23H28ClN3O/c1-26-13-10-17(11-14-26)23(28)27-12-4-6-19(16-27)22-9-3-8-21(25-22)18-5-2-7-20(24)15-18/h2-3,5,7-9,15,17,19H,4,6,10-14,16H2,1H3/t19-/m0/s1. The number of carbonyl (C=O) groups is 1. The zero-order valence-corrected chi connectivity index (χ0v) is 17.2. The average molecular weight is 398 g/mol. The Morgan fingerprint density at radius 3 is 2.64 bits per heavy atom. The lowest BCUT2D eigenvalue weighted by atomic mass is 9.90. The van der Waals surface area contributed by atoms with Crippen LogP contribution in [0.5, 0.6) is 0 Å². The molecule has 2 aliphatic heterocycles. The van der Waals surface area contributed by atoms with Crippen molar-refractivity contribution in [2.75, 3.05) is 33.2 Å². The van der Waals surface area contributed by atoms with Crippen molar-refractivity contribution in [3.05, 3.63) is 53.2 Å². The Hall–Kier alpha value is -1.91. The summed E-state index contributed by atoms with van der Waals surface area (Å²) in [6.07, 6.45) is 4.10. The van der Waals surface area contributed by atoms with E-state index in [1.54, 1.807) is 0 Å². The summed E-state index contributed by atoms with van der Waals surface area (Å²) >= 11 is 6.15. The molecule has 0 N–H and O–H groups in total. The number of hydrogen-bond acceptors (Lipinski definition) is 3. The summed E-state index contributed by atoms with van der Waals surface area (Å²) in [5, 5.41) is 0.720. The van der Waals surface area contributed by atoms with Crippen molar-refractivity contribution in [2.45, 2.75) is 31.6 Å². The molecule has 4 rings (SSSR count). The van der Waals surface area contributed by atoms with Crippen molar-refractivity contribution >= 4 is 17.5 Å². The van der Waals surface area contributed by atoms with E-state index in [0.717, 1.165) is 73.8 Å². The van der Waals surface area contributed by atoms with Crippen molar-refractivity contribution in [1.82, 2.24) is 14.8 Å². The maximum Gasteiger partial charge on any atom is 0.225 e. The molecule has 3 heterocycles. The molecule has 1 atom stereocenters. The predicted octanol–water partition coefficient (Wildman–Crippen LogP) is 4.45. The zero-order valence-electron chi connectivity index (χ0n) is 16.5. The third kappa shape index (κ3) is 4.39. The first kappa shape index (κ1) is 19.4. The Morgan fingerprint density at radius 1 is 1.07 bits per heavy atom. The molecule has 28 heavy (non-hydrogen) atoms. The van der Waals surface area contributed by atoms with Crippen molar-refractivity contribution in [2.24, 2.45) is 5.92 Å². The minimum absolute atomic E-state index is 0.195. The van der Waals surface area contributed by atoms with Crippen molar-refractivity contribution in [3.63, 3.8) is 0 Å². The van der Waals surface area contributed by atoms with Crippen LogP contribution in [0.3, 0.4) is 0 Å². The molecule has 2 aromatic rings. The molecule has 1 aromatic heterocycles. The number of carbonyl (C=O) groups excluding carboxylic acids is 1. The van der Waals surface area contributed by atoms with Crippen LogP contribution in [0.1, 0.15) is 37.3 Å². The number of nitrogens with zero attached hydrogens (tertiary/aromatic N) is 3. The molecule has 148 valence electrons. The average Bonchev–Trinajstić information content (AvgIpc) is 2.74. The van der Waals surface area contributed by atoms with Gasteiger partial charge in [-0.1, -0.05) is 29.8 Å². The van der Waals surface area contributed by atoms with Crippen LogP contribution in [0, 0.1) is 5.92 Å². The van der Waals surface area contributed by atoms with Crippen molar-refractivity contribution in [3.8, 4) is 11.3 Å². The largest absolute Gasteiger partial charge is 0.342 e. The Balaban J connectivity index is 1.47. The minimum Gasteiger partial charge on any atom is -0.342 e. The molecular weight excluding hydrogens is 370 g/mol. The van der Waals surface area contributed by atoms with Crippen LogP contribution in [0.15, 0.2) is 42.5 Å². The molecule has 1 aromatic carbocycles. The Kier molecular flexibility index (Phi) is 5.98. The number of amides is 1. The number of likely N-dealkylation sites (tertiary alicyclic amines) is 2. The number of rotatable bonds is 3. The van der Waals surface area contributed by atoms with Gasteiger partial charge in [0.2, 0.25) is 5.91 Å². The van der Waals surface area contributed by atoms with Gasteiger partial charge in [0.15, 0.2) is 0 Å². The number of aromatic nitrogens is 1. The SMILES string of the molecule is CN1CCC(C(=O)N2CCC[C@H](c3cccc(-c4cccc(Cl)c4)n3)C2)CC1. The lowest BCUT2D eigenvalue weighted by molar-refractivity contribution is -0.138. The molecule has 4 nitrogen and oxygen atoms in total.